The Bertz CT molecular complexity index is 2600. The molecule has 10 atom stereocenters. The van der Waals surface area contributed by atoms with E-state index in [2.05, 4.69) is 15.0 Å². The normalized spacial score (nSPS) is 30.8. The molecule has 0 saturated carbocycles. The fraction of sp³-hybridized carbons (Fsp3) is 0.353. The third-order valence-corrected chi connectivity index (χ3v) is 14.1. The molecule has 6 heterocycles. The van der Waals surface area contributed by atoms with Crippen LogP contribution in [-0.4, -0.2) is 97.0 Å². The maximum absolute atomic E-state index is 16.4. The van der Waals surface area contributed by atoms with Crippen molar-refractivity contribution in [3.05, 3.63) is 105 Å². The summed E-state index contributed by atoms with van der Waals surface area (Å²) in [4.78, 5) is 62.3. The summed E-state index contributed by atoms with van der Waals surface area (Å²) in [5, 5.41) is 0. The molecule has 2 aromatic carbocycles. The van der Waals surface area contributed by atoms with Crippen LogP contribution in [-0.2, 0) is 42.5 Å². The molecular formula is C34H33F2N7O14P2S. The number of carbonyl (C=O) groups is 1. The van der Waals surface area contributed by atoms with E-state index in [1.807, 2.05) is 4.98 Å². The van der Waals surface area contributed by atoms with Crippen molar-refractivity contribution in [3.63, 3.8) is 0 Å². The van der Waals surface area contributed by atoms with Gasteiger partial charge in [0.15, 0.2) is 36.3 Å². The van der Waals surface area contributed by atoms with Crippen LogP contribution in [0.3, 0.4) is 0 Å². The number of phosphoric acid groups is 1. The van der Waals surface area contributed by atoms with Crippen LogP contribution in [0, 0.1) is 0 Å². The molecule has 26 heteroatoms. The van der Waals surface area contributed by atoms with Gasteiger partial charge in [0.2, 0.25) is 0 Å². The number of fused-ring (bicyclic) bond motifs is 5. The number of anilines is 1. The number of hydrogen-bond acceptors (Lipinski definition) is 18. The molecule has 0 spiro atoms. The summed E-state index contributed by atoms with van der Waals surface area (Å²) in [6, 6.07) is 13.3. The van der Waals surface area contributed by atoms with Gasteiger partial charge >= 0.3 is 26.3 Å². The fourth-order valence-corrected chi connectivity index (χ4v) is 10.8. The number of ether oxygens (including phenoxy) is 4. The first kappa shape index (κ1) is 41.8. The van der Waals surface area contributed by atoms with Gasteiger partial charge in [-0.2, -0.15) is 0 Å². The van der Waals surface area contributed by atoms with Crippen LogP contribution < -0.4 is 26.5 Å². The van der Waals surface area contributed by atoms with Crippen molar-refractivity contribution in [1.29, 1.82) is 0 Å². The summed E-state index contributed by atoms with van der Waals surface area (Å²) in [6.45, 7) is -6.57. The third kappa shape index (κ3) is 8.66. The number of aromatic nitrogens is 6. The van der Waals surface area contributed by atoms with Gasteiger partial charge in [-0.25, -0.2) is 42.5 Å². The van der Waals surface area contributed by atoms with E-state index in [9.17, 15) is 28.4 Å². The highest BCUT2D eigenvalue weighted by molar-refractivity contribution is 8.54. The minimum Gasteiger partial charge on any atom is -0.497 e. The number of methoxy groups -OCH3 is 1. The van der Waals surface area contributed by atoms with Crippen molar-refractivity contribution >= 4 is 49.0 Å². The minimum atomic E-state index is -5.27. The second kappa shape index (κ2) is 16.9. The molecule has 60 heavy (non-hydrogen) atoms. The van der Waals surface area contributed by atoms with Gasteiger partial charge in [-0.05, 0) is 53.3 Å². The molecule has 3 aromatic heterocycles. The maximum atomic E-state index is 16.4. The summed E-state index contributed by atoms with van der Waals surface area (Å²) in [5.41, 5.74) is 4.96. The molecule has 5 aromatic rings. The molecule has 8 rings (SSSR count). The second-order valence-corrected chi connectivity index (χ2v) is 18.7. The Hall–Kier alpha value is -4.87. The van der Waals surface area contributed by atoms with Crippen LogP contribution in [0.5, 0.6) is 11.5 Å². The summed E-state index contributed by atoms with van der Waals surface area (Å²) in [5.74, 6) is -0.0770. The number of imidazole rings is 1. The molecule has 3 aliphatic rings. The summed E-state index contributed by atoms with van der Waals surface area (Å²) >= 11 is 0.559. The van der Waals surface area contributed by atoms with Crippen LogP contribution in [0.4, 0.5) is 14.6 Å². The van der Waals surface area contributed by atoms with Crippen LogP contribution in [0.1, 0.15) is 28.4 Å². The highest BCUT2D eigenvalue weighted by Crippen LogP contribution is 2.65. The van der Waals surface area contributed by atoms with Crippen molar-refractivity contribution in [3.8, 4) is 11.5 Å². The molecule has 3 saturated heterocycles. The van der Waals surface area contributed by atoms with Gasteiger partial charge in [0, 0.05) is 18.0 Å². The van der Waals surface area contributed by atoms with E-state index in [0.717, 1.165) is 23.2 Å². The number of phosphoric ester groups is 1. The molecule has 318 valence electrons. The van der Waals surface area contributed by atoms with Crippen LogP contribution in [0.25, 0.3) is 11.2 Å². The lowest BCUT2D eigenvalue weighted by molar-refractivity contribution is -0.0648. The number of hydrogen-bond donors (Lipinski definition) is 3. The van der Waals surface area contributed by atoms with Gasteiger partial charge in [0.25, 0.3) is 5.56 Å². The third-order valence-electron chi connectivity index (χ3n) is 9.47. The van der Waals surface area contributed by atoms with Gasteiger partial charge in [0.1, 0.15) is 47.8 Å². The number of nitrogens with one attached hydrogen (secondary N) is 1. The Morgan fingerprint density at radius 2 is 1.57 bits per heavy atom. The monoisotopic (exact) mass is 895 g/mol. The minimum absolute atomic E-state index is 0.0296. The summed E-state index contributed by atoms with van der Waals surface area (Å²) in [6.07, 6.45) is -12.0. The van der Waals surface area contributed by atoms with Gasteiger partial charge in [-0.1, -0.05) is 12.1 Å². The van der Waals surface area contributed by atoms with Crippen LogP contribution >= 0.6 is 26.0 Å². The molecule has 0 radical (unpaired) electrons. The molecular weight excluding hydrogens is 862 g/mol. The maximum Gasteiger partial charge on any atom is 0.472 e. The highest BCUT2D eigenvalue weighted by atomic mass is 32.7. The average molecular weight is 896 g/mol. The Kier molecular flexibility index (Phi) is 11.8. The predicted octanol–water partition coefficient (Wildman–Crippen LogP) is 3.62. The van der Waals surface area contributed by atoms with E-state index in [1.165, 1.54) is 42.3 Å². The largest absolute Gasteiger partial charge is 0.497 e. The number of nitrogens with two attached hydrogens (primary N) is 1. The number of nitrogens with zero attached hydrogens (tertiary/aromatic N) is 5. The number of halogens is 2. The molecule has 2 unspecified atom stereocenters. The van der Waals surface area contributed by atoms with Crippen LogP contribution in [0.15, 0.2) is 83.0 Å². The number of nitrogen functional groups attached to an aromatic ring is 1. The Morgan fingerprint density at radius 1 is 0.917 bits per heavy atom. The zero-order chi connectivity index (χ0) is 42.3. The SMILES string of the molecule is COc1ccc(C(=O)Oc2ccc(CSP3(=O)OC[C@H]4O[C@@H](n5cnc6c(N)ncnc65)[C@H](OP(=O)(O)OC[C@H]5O[C@@H](n6ccc(=O)[nH]c6=O)[C@H](O3)[C@H]5F)[C@H]4F)cc2)cc1. The van der Waals surface area contributed by atoms with Crippen molar-refractivity contribution in [2.75, 3.05) is 26.1 Å². The van der Waals surface area contributed by atoms with Gasteiger partial charge in [0.05, 0.1) is 32.2 Å². The van der Waals surface area contributed by atoms with E-state index in [4.69, 9.17) is 42.8 Å². The van der Waals surface area contributed by atoms with E-state index in [0.29, 0.717) is 22.7 Å². The highest BCUT2D eigenvalue weighted by Gasteiger charge is 2.55. The zero-order valence-electron chi connectivity index (χ0n) is 30.8. The molecule has 3 aliphatic heterocycles. The first-order valence-electron chi connectivity index (χ1n) is 17.7. The Balaban J connectivity index is 1.08. The number of carbonyl (C=O) groups excluding carboxylic acids is 1. The number of esters is 1. The van der Waals surface area contributed by atoms with Crippen molar-refractivity contribution < 1.29 is 64.6 Å². The molecule has 4 N–H and O–H groups in total. The van der Waals surface area contributed by atoms with E-state index < -0.39 is 94.3 Å². The Labute approximate surface area is 339 Å². The van der Waals surface area contributed by atoms with E-state index >= 15 is 8.78 Å². The summed E-state index contributed by atoms with van der Waals surface area (Å²) < 4.78 is 107. The Morgan fingerprint density at radius 3 is 2.25 bits per heavy atom. The number of alkyl halides is 2. The van der Waals surface area contributed by atoms with E-state index in [1.54, 1.807) is 24.3 Å². The lowest BCUT2D eigenvalue weighted by atomic mass is 10.1. The number of aromatic amines is 1. The van der Waals surface area contributed by atoms with Gasteiger partial charge in [-0.3, -0.25) is 37.0 Å². The van der Waals surface area contributed by atoms with E-state index in [-0.39, 0.29) is 34.0 Å². The lowest BCUT2D eigenvalue weighted by Gasteiger charge is -2.27. The first-order chi connectivity index (χ1) is 28.7. The van der Waals surface area contributed by atoms with Crippen molar-refractivity contribution in [2.24, 2.45) is 0 Å². The van der Waals surface area contributed by atoms with Gasteiger partial charge < -0.3 is 29.6 Å². The number of benzene rings is 2. The molecule has 0 amide bonds. The van der Waals surface area contributed by atoms with Crippen molar-refractivity contribution in [1.82, 2.24) is 29.1 Å². The molecule has 4 bridgehead atoms. The van der Waals surface area contributed by atoms with Crippen molar-refractivity contribution in [2.45, 2.75) is 55.0 Å². The average Bonchev–Trinajstić information content (AvgIpc) is 3.89. The number of rotatable bonds is 8. The smallest absolute Gasteiger partial charge is 0.472 e. The fourth-order valence-electron chi connectivity index (χ4n) is 6.48. The quantitative estimate of drug-likeness (QED) is 0.114. The van der Waals surface area contributed by atoms with Gasteiger partial charge in [-0.15, -0.1) is 0 Å². The second-order valence-electron chi connectivity index (χ2n) is 13.3. The zero-order valence-corrected chi connectivity index (χ0v) is 33.4. The topological polar surface area (TPSA) is 270 Å². The lowest BCUT2D eigenvalue weighted by Crippen LogP contribution is -2.38. The summed E-state index contributed by atoms with van der Waals surface area (Å²) in [7, 11) is -3.78. The standard InChI is InChI=1S/C34H33F2N7O14P2S/c1-50-19-8-4-18(5-9-19)33(45)53-20-6-2-17(3-7-20)14-60-59(49)52-13-22-24(35)27(32(55-22)43-16-40-26-29(37)38-15-39-30(26)43)56-58(47,48)51-12-21-25(36)28(57-59)31(54-21)42-11-10-23(44)41-34(42)46/h2-11,15-16,21-22,24-25,27-28,31-32H,12-14H2,1H3,(H,47,48)(H2,37,38,39)(H,41,44,46)/t21-,22-,24+,25+,27-,28-,31-,32-,59?/m1/s1. The predicted molar refractivity (Wildman–Crippen MR) is 203 cm³/mol. The molecule has 0 aliphatic carbocycles. The molecule has 21 nitrogen and oxygen atoms in total. The molecule has 3 fully saturated rings. The number of H-pyrrole nitrogens is 1. The first-order valence-corrected chi connectivity index (χ1v) is 22.4. The van der Waals surface area contributed by atoms with Crippen LogP contribution in [0.2, 0.25) is 0 Å².